The molecule has 1 aliphatic rings. The molecule has 2 heterocycles. The minimum absolute atomic E-state index is 0.0520. The van der Waals surface area contributed by atoms with Crippen LogP contribution >= 0.6 is 11.6 Å². The van der Waals surface area contributed by atoms with Crippen molar-refractivity contribution in [1.82, 2.24) is 9.88 Å². The second-order valence-electron chi connectivity index (χ2n) is 5.39. The number of likely N-dealkylation sites (tertiary alicyclic amines) is 1. The number of carbonyl (C=O) groups excluding carboxylic acids is 1. The molecule has 0 aromatic carbocycles. The smallest absolute Gasteiger partial charge is 0.274 e. The highest BCUT2D eigenvalue weighted by atomic mass is 35.5. The molecule has 1 fully saturated rings. The maximum atomic E-state index is 12.6. The number of anilines is 1. The third-order valence-corrected chi connectivity index (χ3v) is 4.02. The Bertz CT molecular complexity index is 478. The number of aromatic nitrogens is 1. The number of rotatable bonds is 3. The number of nitrogens with zero attached hydrogens (tertiary/aromatic N) is 2. The fraction of sp³-hybridized carbons (Fsp3) is 0.600. The van der Waals surface area contributed by atoms with E-state index in [0.29, 0.717) is 22.5 Å². The van der Waals surface area contributed by atoms with Crippen LogP contribution in [-0.4, -0.2) is 35.4 Å². The summed E-state index contributed by atoms with van der Waals surface area (Å²) in [6.07, 6.45) is 3.29. The molecule has 0 radical (unpaired) electrons. The van der Waals surface area contributed by atoms with Crippen LogP contribution in [0.1, 0.15) is 43.6 Å². The number of hydrogen-bond donors (Lipinski definition) is 1. The summed E-state index contributed by atoms with van der Waals surface area (Å²) >= 11 is 6.14. The van der Waals surface area contributed by atoms with E-state index in [4.69, 9.17) is 11.6 Å². The molecule has 1 amide bonds. The lowest BCUT2D eigenvalue weighted by molar-refractivity contribution is 0.0755. The van der Waals surface area contributed by atoms with Crippen LogP contribution in [0.3, 0.4) is 0 Å². The molecule has 110 valence electrons. The third-order valence-electron chi connectivity index (χ3n) is 3.71. The van der Waals surface area contributed by atoms with Gasteiger partial charge in [-0.1, -0.05) is 18.5 Å². The lowest BCUT2D eigenvalue weighted by atomic mass is 10.0. The predicted molar refractivity (Wildman–Crippen MR) is 82.3 cm³/mol. The normalized spacial score (nSPS) is 19.6. The monoisotopic (exact) mass is 295 g/mol. The van der Waals surface area contributed by atoms with E-state index in [1.807, 2.05) is 11.8 Å². The fourth-order valence-corrected chi connectivity index (χ4v) is 2.67. The second-order valence-corrected chi connectivity index (χ2v) is 5.79. The predicted octanol–water partition coefficient (Wildman–Crippen LogP) is 3.43. The van der Waals surface area contributed by atoms with E-state index in [1.54, 1.807) is 12.1 Å². The average molecular weight is 296 g/mol. The van der Waals surface area contributed by atoms with Gasteiger partial charge < -0.3 is 10.2 Å². The molecule has 20 heavy (non-hydrogen) atoms. The van der Waals surface area contributed by atoms with Gasteiger partial charge in [-0.2, -0.15) is 0 Å². The van der Waals surface area contributed by atoms with Crippen molar-refractivity contribution in [3.63, 3.8) is 0 Å². The topological polar surface area (TPSA) is 45.2 Å². The largest absolute Gasteiger partial charge is 0.370 e. The minimum Gasteiger partial charge on any atom is -0.370 e. The van der Waals surface area contributed by atoms with E-state index in [-0.39, 0.29) is 5.91 Å². The van der Waals surface area contributed by atoms with Crippen LogP contribution in [0.15, 0.2) is 12.1 Å². The fourth-order valence-electron chi connectivity index (χ4n) is 2.49. The Hall–Kier alpha value is -1.29. The Morgan fingerprint density at radius 1 is 1.45 bits per heavy atom. The first kappa shape index (κ1) is 15.1. The zero-order valence-corrected chi connectivity index (χ0v) is 12.9. The molecular weight excluding hydrogens is 274 g/mol. The Morgan fingerprint density at radius 2 is 2.25 bits per heavy atom. The van der Waals surface area contributed by atoms with Gasteiger partial charge in [-0.15, -0.1) is 0 Å². The minimum atomic E-state index is -0.0520. The van der Waals surface area contributed by atoms with E-state index in [1.165, 1.54) is 6.42 Å². The summed E-state index contributed by atoms with van der Waals surface area (Å²) < 4.78 is 0. The first-order valence-corrected chi connectivity index (χ1v) is 7.69. The summed E-state index contributed by atoms with van der Waals surface area (Å²) in [5.41, 5.74) is 0.361. The molecule has 1 aromatic rings. The quantitative estimate of drug-likeness (QED) is 0.929. The molecule has 0 aliphatic carbocycles. The van der Waals surface area contributed by atoms with Crippen molar-refractivity contribution >= 4 is 23.3 Å². The van der Waals surface area contributed by atoms with Crippen molar-refractivity contribution in [2.24, 2.45) is 5.92 Å². The van der Waals surface area contributed by atoms with Crippen LogP contribution in [0.4, 0.5) is 5.82 Å². The van der Waals surface area contributed by atoms with Gasteiger partial charge in [0.1, 0.15) is 11.5 Å². The van der Waals surface area contributed by atoms with Crippen LogP contribution in [-0.2, 0) is 0 Å². The van der Waals surface area contributed by atoms with Crippen molar-refractivity contribution in [2.75, 3.05) is 25.0 Å². The van der Waals surface area contributed by atoms with Crippen molar-refractivity contribution in [3.05, 3.63) is 22.8 Å². The van der Waals surface area contributed by atoms with Crippen LogP contribution < -0.4 is 5.32 Å². The van der Waals surface area contributed by atoms with Gasteiger partial charge >= 0.3 is 0 Å². The van der Waals surface area contributed by atoms with Gasteiger partial charge in [-0.25, -0.2) is 4.98 Å². The number of halogens is 1. The molecule has 0 spiro atoms. The first-order valence-electron chi connectivity index (χ1n) is 7.31. The highest BCUT2D eigenvalue weighted by Crippen LogP contribution is 2.22. The van der Waals surface area contributed by atoms with E-state index < -0.39 is 0 Å². The van der Waals surface area contributed by atoms with Gasteiger partial charge in [0.25, 0.3) is 5.91 Å². The Kier molecular flexibility index (Phi) is 5.24. The van der Waals surface area contributed by atoms with Crippen molar-refractivity contribution < 1.29 is 4.79 Å². The molecule has 1 atom stereocenters. The summed E-state index contributed by atoms with van der Waals surface area (Å²) in [5, 5.41) is 3.54. The zero-order valence-electron chi connectivity index (χ0n) is 12.2. The Morgan fingerprint density at radius 3 is 3.00 bits per heavy atom. The zero-order chi connectivity index (χ0) is 14.5. The second kappa shape index (κ2) is 6.93. The SMILES string of the molecule is CCNc1ccc(Cl)c(C(=O)N2CCCC(C)CC2)n1. The summed E-state index contributed by atoms with van der Waals surface area (Å²) in [5.74, 6) is 1.33. The van der Waals surface area contributed by atoms with Gasteiger partial charge in [-0.3, -0.25) is 4.79 Å². The van der Waals surface area contributed by atoms with Crippen LogP contribution in [0, 0.1) is 5.92 Å². The molecule has 1 unspecified atom stereocenters. The summed E-state index contributed by atoms with van der Waals surface area (Å²) in [7, 11) is 0. The molecule has 0 saturated carbocycles. The number of carbonyl (C=O) groups is 1. The average Bonchev–Trinajstić information content (AvgIpc) is 2.65. The molecule has 1 aromatic heterocycles. The Balaban J connectivity index is 2.17. The summed E-state index contributed by atoms with van der Waals surface area (Å²) in [4.78, 5) is 18.8. The number of pyridine rings is 1. The van der Waals surface area contributed by atoms with Crippen LogP contribution in [0.25, 0.3) is 0 Å². The highest BCUT2D eigenvalue weighted by Gasteiger charge is 2.23. The van der Waals surface area contributed by atoms with E-state index >= 15 is 0 Å². The van der Waals surface area contributed by atoms with Crippen LogP contribution in [0.2, 0.25) is 5.02 Å². The number of nitrogens with one attached hydrogen (secondary N) is 1. The molecule has 1 N–H and O–H groups in total. The van der Waals surface area contributed by atoms with E-state index in [2.05, 4.69) is 17.2 Å². The molecule has 2 rings (SSSR count). The summed E-state index contributed by atoms with van der Waals surface area (Å²) in [6, 6.07) is 3.54. The third kappa shape index (κ3) is 3.63. The number of hydrogen-bond acceptors (Lipinski definition) is 3. The van der Waals surface area contributed by atoms with Crippen molar-refractivity contribution in [2.45, 2.75) is 33.1 Å². The van der Waals surface area contributed by atoms with Gasteiger partial charge in [0.05, 0.1) is 5.02 Å². The molecule has 0 bridgehead atoms. The lowest BCUT2D eigenvalue weighted by Gasteiger charge is -2.20. The first-order chi connectivity index (χ1) is 9.61. The maximum absolute atomic E-state index is 12.6. The standard InChI is InChI=1S/C15H22ClN3O/c1-3-17-13-7-6-12(16)14(18-13)15(20)19-9-4-5-11(2)8-10-19/h6-7,11H,3-5,8-10H2,1-2H3,(H,17,18). The molecular formula is C15H22ClN3O. The van der Waals surface area contributed by atoms with Gasteiger partial charge in [0.15, 0.2) is 0 Å². The lowest BCUT2D eigenvalue weighted by Crippen LogP contribution is -2.33. The maximum Gasteiger partial charge on any atom is 0.274 e. The van der Waals surface area contributed by atoms with Crippen molar-refractivity contribution in [1.29, 1.82) is 0 Å². The van der Waals surface area contributed by atoms with Crippen LogP contribution in [0.5, 0.6) is 0 Å². The molecule has 4 nitrogen and oxygen atoms in total. The van der Waals surface area contributed by atoms with E-state index in [0.717, 1.165) is 32.5 Å². The molecule has 1 saturated heterocycles. The van der Waals surface area contributed by atoms with E-state index in [9.17, 15) is 4.79 Å². The van der Waals surface area contributed by atoms with Gasteiger partial charge in [0, 0.05) is 19.6 Å². The van der Waals surface area contributed by atoms with Gasteiger partial charge in [-0.05, 0) is 44.2 Å². The molecule has 1 aliphatic heterocycles. The highest BCUT2D eigenvalue weighted by molar-refractivity contribution is 6.33. The van der Waals surface area contributed by atoms with Gasteiger partial charge in [0.2, 0.25) is 0 Å². The van der Waals surface area contributed by atoms with Crippen molar-refractivity contribution in [3.8, 4) is 0 Å². The number of amides is 1. The molecule has 5 heteroatoms. The Labute approximate surface area is 125 Å². The summed E-state index contributed by atoms with van der Waals surface area (Å²) in [6.45, 7) is 6.60.